The molecular weight excluding hydrogens is 181 g/mol. The second-order valence-electron chi connectivity index (χ2n) is 2.92. The first-order valence-corrected chi connectivity index (χ1v) is 4.34. The van der Waals surface area contributed by atoms with Gasteiger partial charge < -0.3 is 5.32 Å². The monoisotopic (exact) mass is 193 g/mol. The number of halogens is 1. The second-order valence-corrected chi connectivity index (χ2v) is 2.92. The Bertz CT molecular complexity index is 347. The molecule has 0 amide bonds. The molecule has 0 unspecified atom stereocenters. The summed E-state index contributed by atoms with van der Waals surface area (Å²) < 4.78 is 13.0. The summed E-state index contributed by atoms with van der Waals surface area (Å²) in [7, 11) is 0. The molecule has 1 aromatic carbocycles. The summed E-state index contributed by atoms with van der Waals surface area (Å²) in [6.07, 6.45) is 2.93. The summed E-state index contributed by atoms with van der Waals surface area (Å²) in [5.41, 5.74) is 0.584. The van der Waals surface area contributed by atoms with Crippen LogP contribution in [0.2, 0.25) is 0 Å². The smallest absolute Gasteiger partial charge is 0.154 e. The molecule has 0 spiro atoms. The Kier molecular flexibility index (Phi) is 3.85. The van der Waals surface area contributed by atoms with E-state index in [4.69, 9.17) is 0 Å². The Hall–Kier alpha value is -1.64. The van der Waals surface area contributed by atoms with Crippen LogP contribution in [0.1, 0.15) is 12.5 Å². The molecule has 1 N–H and O–H groups in total. The molecule has 0 saturated heterocycles. The largest absolute Gasteiger partial charge is 0.387 e. The van der Waals surface area contributed by atoms with Crippen LogP contribution in [-0.2, 0) is 11.3 Å². The Morgan fingerprint density at radius 3 is 2.86 bits per heavy atom. The van der Waals surface area contributed by atoms with Gasteiger partial charge in [0, 0.05) is 18.3 Å². The van der Waals surface area contributed by atoms with Crippen LogP contribution in [0.3, 0.4) is 0 Å². The van der Waals surface area contributed by atoms with Crippen LogP contribution in [0, 0.1) is 5.82 Å². The quantitative estimate of drug-likeness (QED) is 0.741. The molecule has 0 aliphatic heterocycles. The van der Waals surface area contributed by atoms with E-state index in [0.717, 1.165) is 0 Å². The summed E-state index contributed by atoms with van der Waals surface area (Å²) in [6.45, 7) is 1.84. The molecule has 0 bridgehead atoms. The van der Waals surface area contributed by atoms with Gasteiger partial charge in [-0.15, -0.1) is 0 Å². The standard InChI is InChI=1S/C11H12FNO/c1-9(14)6-7-13-8-10-4-2-3-5-11(10)12/h2-7,13H,8H2,1H3/b7-6+. The fourth-order valence-electron chi connectivity index (χ4n) is 0.987. The lowest BCUT2D eigenvalue weighted by atomic mass is 10.2. The highest BCUT2D eigenvalue weighted by Crippen LogP contribution is 2.04. The highest BCUT2D eigenvalue weighted by atomic mass is 19.1. The lowest BCUT2D eigenvalue weighted by Gasteiger charge is -2.01. The van der Waals surface area contributed by atoms with Gasteiger partial charge in [-0.1, -0.05) is 18.2 Å². The molecule has 2 nitrogen and oxygen atoms in total. The van der Waals surface area contributed by atoms with Gasteiger partial charge in [-0.05, 0) is 19.1 Å². The number of ketones is 1. The highest BCUT2D eigenvalue weighted by molar-refractivity contribution is 5.87. The molecule has 3 heteroatoms. The Balaban J connectivity index is 2.46. The summed E-state index contributed by atoms with van der Waals surface area (Å²) >= 11 is 0. The van der Waals surface area contributed by atoms with Crippen LogP contribution in [0.4, 0.5) is 4.39 Å². The Labute approximate surface area is 82.4 Å². The third kappa shape index (κ3) is 3.39. The molecule has 1 aromatic rings. The van der Waals surface area contributed by atoms with Gasteiger partial charge in [-0.25, -0.2) is 4.39 Å². The maximum atomic E-state index is 13.0. The fraction of sp³-hybridized carbons (Fsp3) is 0.182. The zero-order valence-corrected chi connectivity index (χ0v) is 7.96. The van der Waals surface area contributed by atoms with E-state index in [-0.39, 0.29) is 11.6 Å². The van der Waals surface area contributed by atoms with E-state index in [1.807, 2.05) is 0 Å². The van der Waals surface area contributed by atoms with Gasteiger partial charge in [0.25, 0.3) is 0 Å². The van der Waals surface area contributed by atoms with Crippen LogP contribution >= 0.6 is 0 Å². The van der Waals surface area contributed by atoms with Gasteiger partial charge >= 0.3 is 0 Å². The van der Waals surface area contributed by atoms with E-state index in [1.165, 1.54) is 25.3 Å². The van der Waals surface area contributed by atoms with Gasteiger partial charge in [-0.2, -0.15) is 0 Å². The predicted octanol–water partition coefficient (Wildman–Crippen LogP) is 2.02. The van der Waals surface area contributed by atoms with E-state index >= 15 is 0 Å². The molecule has 1 rings (SSSR count). The van der Waals surface area contributed by atoms with E-state index in [0.29, 0.717) is 12.1 Å². The number of benzene rings is 1. The average Bonchev–Trinajstić information content (AvgIpc) is 2.15. The highest BCUT2D eigenvalue weighted by Gasteiger charge is 1.97. The first kappa shape index (κ1) is 10.4. The number of carbonyl (C=O) groups is 1. The molecule has 0 aromatic heterocycles. The molecule has 74 valence electrons. The molecular formula is C11H12FNO. The first-order chi connectivity index (χ1) is 6.70. The minimum absolute atomic E-state index is 0.0361. The first-order valence-electron chi connectivity index (χ1n) is 4.34. The molecule has 0 atom stereocenters. The van der Waals surface area contributed by atoms with Crippen molar-refractivity contribution in [3.63, 3.8) is 0 Å². The maximum absolute atomic E-state index is 13.0. The normalized spacial score (nSPS) is 10.4. The number of rotatable bonds is 4. The number of carbonyl (C=O) groups excluding carboxylic acids is 1. The van der Waals surface area contributed by atoms with Crippen LogP contribution < -0.4 is 5.32 Å². The van der Waals surface area contributed by atoms with Crippen molar-refractivity contribution in [2.45, 2.75) is 13.5 Å². The lowest BCUT2D eigenvalue weighted by molar-refractivity contribution is -0.112. The van der Waals surface area contributed by atoms with Gasteiger partial charge in [0.1, 0.15) is 5.82 Å². The van der Waals surface area contributed by atoms with Crippen molar-refractivity contribution < 1.29 is 9.18 Å². The average molecular weight is 193 g/mol. The van der Waals surface area contributed by atoms with Crippen molar-refractivity contribution >= 4 is 5.78 Å². The molecule has 0 saturated carbocycles. The predicted molar refractivity (Wildman–Crippen MR) is 53.1 cm³/mol. The number of hydrogen-bond acceptors (Lipinski definition) is 2. The van der Waals surface area contributed by atoms with Crippen LogP contribution in [0.15, 0.2) is 36.5 Å². The lowest BCUT2D eigenvalue weighted by Crippen LogP contribution is -2.06. The minimum Gasteiger partial charge on any atom is -0.387 e. The molecule has 0 fully saturated rings. The van der Waals surface area contributed by atoms with Gasteiger partial charge in [0.15, 0.2) is 5.78 Å². The van der Waals surface area contributed by atoms with Crippen molar-refractivity contribution in [3.8, 4) is 0 Å². The van der Waals surface area contributed by atoms with Crippen LogP contribution in [0.5, 0.6) is 0 Å². The number of allylic oxidation sites excluding steroid dienone is 1. The summed E-state index contributed by atoms with van der Waals surface area (Å²) in [4.78, 5) is 10.5. The van der Waals surface area contributed by atoms with E-state index in [1.54, 1.807) is 18.2 Å². The molecule has 0 aliphatic rings. The maximum Gasteiger partial charge on any atom is 0.154 e. The Morgan fingerprint density at radius 2 is 2.21 bits per heavy atom. The Morgan fingerprint density at radius 1 is 1.50 bits per heavy atom. The van der Waals surface area contributed by atoms with Crippen LogP contribution in [0.25, 0.3) is 0 Å². The third-order valence-corrected chi connectivity index (χ3v) is 1.69. The van der Waals surface area contributed by atoms with Crippen molar-refractivity contribution in [2.75, 3.05) is 0 Å². The zero-order chi connectivity index (χ0) is 10.4. The van der Waals surface area contributed by atoms with Crippen molar-refractivity contribution in [1.82, 2.24) is 5.32 Å². The van der Waals surface area contributed by atoms with Crippen molar-refractivity contribution in [1.29, 1.82) is 0 Å². The topological polar surface area (TPSA) is 29.1 Å². The molecule has 0 aliphatic carbocycles. The summed E-state index contributed by atoms with van der Waals surface area (Å²) in [5, 5.41) is 2.83. The number of hydrogen-bond donors (Lipinski definition) is 1. The summed E-state index contributed by atoms with van der Waals surface area (Å²) in [6, 6.07) is 6.52. The fourth-order valence-corrected chi connectivity index (χ4v) is 0.987. The molecule has 0 heterocycles. The second kappa shape index (κ2) is 5.17. The molecule has 14 heavy (non-hydrogen) atoms. The SMILES string of the molecule is CC(=O)/C=C/NCc1ccccc1F. The van der Waals surface area contributed by atoms with Gasteiger partial charge in [0.2, 0.25) is 0 Å². The number of nitrogens with one attached hydrogen (secondary N) is 1. The van der Waals surface area contributed by atoms with E-state index < -0.39 is 0 Å². The van der Waals surface area contributed by atoms with E-state index in [2.05, 4.69) is 5.32 Å². The van der Waals surface area contributed by atoms with E-state index in [9.17, 15) is 9.18 Å². The zero-order valence-electron chi connectivity index (χ0n) is 7.96. The van der Waals surface area contributed by atoms with Crippen molar-refractivity contribution in [2.24, 2.45) is 0 Å². The van der Waals surface area contributed by atoms with Crippen LogP contribution in [-0.4, -0.2) is 5.78 Å². The van der Waals surface area contributed by atoms with Crippen molar-refractivity contribution in [3.05, 3.63) is 47.9 Å². The van der Waals surface area contributed by atoms with Gasteiger partial charge in [0.05, 0.1) is 0 Å². The third-order valence-electron chi connectivity index (χ3n) is 1.69. The summed E-state index contributed by atoms with van der Waals surface area (Å²) in [5.74, 6) is -0.276. The minimum atomic E-state index is -0.240. The van der Waals surface area contributed by atoms with Gasteiger partial charge in [-0.3, -0.25) is 4.79 Å². The molecule has 0 radical (unpaired) electrons.